The largest absolute Gasteiger partial charge is 0.323 e. The maximum Gasteiger partial charge on any atom is 0.234 e. The average molecular weight is 363 g/mol. The van der Waals surface area contributed by atoms with Crippen molar-refractivity contribution < 1.29 is 4.79 Å². The van der Waals surface area contributed by atoms with Crippen molar-refractivity contribution in [3.63, 3.8) is 0 Å². The minimum atomic E-state index is -0.112. The summed E-state index contributed by atoms with van der Waals surface area (Å²) in [5.74, 6) is 0.143. The van der Waals surface area contributed by atoms with E-state index >= 15 is 0 Å². The van der Waals surface area contributed by atoms with Gasteiger partial charge in [0.2, 0.25) is 5.91 Å². The van der Waals surface area contributed by atoms with Gasteiger partial charge in [0.15, 0.2) is 0 Å². The number of rotatable bonds is 4. The number of halogens is 2. The molecule has 0 fully saturated rings. The number of nitrogens with one attached hydrogen (secondary N) is 1. The number of fused-ring (bicyclic) bond motifs is 1. The molecule has 3 nitrogen and oxygen atoms in total. The maximum absolute atomic E-state index is 12.2. The van der Waals surface area contributed by atoms with Gasteiger partial charge in [-0.25, -0.2) is 0 Å². The predicted octanol–water partition coefficient (Wildman–Crippen LogP) is 5.27. The number of amides is 1. The number of benzene rings is 2. The second-order valence-electron chi connectivity index (χ2n) is 4.79. The molecule has 23 heavy (non-hydrogen) atoms. The Balaban J connectivity index is 1.69. The Labute approximate surface area is 148 Å². The third-order valence-corrected chi connectivity index (χ3v) is 4.89. The van der Waals surface area contributed by atoms with Gasteiger partial charge in [-0.05, 0) is 30.3 Å². The van der Waals surface area contributed by atoms with Crippen molar-refractivity contribution in [3.8, 4) is 0 Å². The first kappa shape index (κ1) is 16.1. The molecule has 1 heterocycles. The molecule has 1 aromatic heterocycles. The highest BCUT2D eigenvalue weighted by Gasteiger charge is 2.09. The Bertz CT molecular complexity index is 865. The molecular formula is C17H12Cl2N2OS. The van der Waals surface area contributed by atoms with Crippen molar-refractivity contribution in [2.45, 2.75) is 4.90 Å². The van der Waals surface area contributed by atoms with Gasteiger partial charge < -0.3 is 5.32 Å². The second kappa shape index (κ2) is 7.21. The number of hydrogen-bond acceptors (Lipinski definition) is 3. The van der Waals surface area contributed by atoms with E-state index in [2.05, 4.69) is 10.3 Å². The van der Waals surface area contributed by atoms with Crippen LogP contribution >= 0.6 is 35.0 Å². The summed E-state index contributed by atoms with van der Waals surface area (Å²) in [6.07, 6.45) is 1.71. The van der Waals surface area contributed by atoms with Crippen molar-refractivity contribution in [2.24, 2.45) is 0 Å². The summed E-state index contributed by atoms with van der Waals surface area (Å²) in [6.45, 7) is 0. The van der Waals surface area contributed by atoms with Gasteiger partial charge in [0.1, 0.15) is 0 Å². The lowest BCUT2D eigenvalue weighted by atomic mass is 10.2. The summed E-state index contributed by atoms with van der Waals surface area (Å²) in [5.41, 5.74) is 1.48. The molecule has 116 valence electrons. The Morgan fingerprint density at radius 2 is 1.96 bits per heavy atom. The molecule has 3 aromatic rings. The van der Waals surface area contributed by atoms with Gasteiger partial charge in [0.05, 0.1) is 22.0 Å². The highest BCUT2D eigenvalue weighted by atomic mass is 35.5. The Morgan fingerprint density at radius 3 is 2.78 bits per heavy atom. The second-order valence-corrected chi connectivity index (χ2v) is 6.65. The number of para-hydroxylation sites is 1. The van der Waals surface area contributed by atoms with Crippen LogP contribution in [0.2, 0.25) is 10.0 Å². The predicted molar refractivity (Wildman–Crippen MR) is 97.6 cm³/mol. The summed E-state index contributed by atoms with van der Waals surface area (Å²) in [6, 6.07) is 14.7. The standard InChI is InChI=1S/C17H12Cl2N2OS/c18-12-6-7-15(13(19)9-12)23-10-16(22)21-14-5-1-3-11-4-2-8-20-17(11)14/h1-9H,10H2,(H,21,22). The van der Waals surface area contributed by atoms with Crippen LogP contribution in [0.5, 0.6) is 0 Å². The molecular weight excluding hydrogens is 351 g/mol. The molecule has 1 amide bonds. The van der Waals surface area contributed by atoms with Gasteiger partial charge in [0, 0.05) is 21.5 Å². The fourth-order valence-corrected chi connectivity index (χ4v) is 3.42. The number of carbonyl (C=O) groups is 1. The van der Waals surface area contributed by atoms with Gasteiger partial charge in [-0.3, -0.25) is 9.78 Å². The van der Waals surface area contributed by atoms with E-state index in [0.717, 1.165) is 15.8 Å². The van der Waals surface area contributed by atoms with E-state index in [1.54, 1.807) is 18.3 Å². The molecule has 3 rings (SSSR count). The monoisotopic (exact) mass is 362 g/mol. The highest BCUT2D eigenvalue weighted by molar-refractivity contribution is 8.00. The van der Waals surface area contributed by atoms with E-state index in [1.165, 1.54) is 11.8 Å². The van der Waals surface area contributed by atoms with Gasteiger partial charge in [-0.2, -0.15) is 0 Å². The van der Waals surface area contributed by atoms with Crippen LogP contribution in [0.25, 0.3) is 10.9 Å². The molecule has 0 aliphatic rings. The van der Waals surface area contributed by atoms with Crippen molar-refractivity contribution >= 4 is 57.5 Å². The normalized spacial score (nSPS) is 10.7. The fourth-order valence-electron chi connectivity index (χ4n) is 2.13. The fraction of sp³-hybridized carbons (Fsp3) is 0.0588. The Kier molecular flexibility index (Phi) is 5.06. The molecule has 0 spiro atoms. The SMILES string of the molecule is O=C(CSc1ccc(Cl)cc1Cl)Nc1cccc2cccnc12. The first-order valence-corrected chi connectivity index (χ1v) is 8.59. The molecule has 2 aromatic carbocycles. The molecule has 0 bridgehead atoms. The first-order chi connectivity index (χ1) is 11.1. The van der Waals surface area contributed by atoms with E-state index < -0.39 is 0 Å². The zero-order valence-electron chi connectivity index (χ0n) is 11.9. The molecule has 1 N–H and O–H groups in total. The van der Waals surface area contributed by atoms with Crippen molar-refractivity contribution in [1.29, 1.82) is 0 Å². The van der Waals surface area contributed by atoms with Gasteiger partial charge in [0.25, 0.3) is 0 Å². The van der Waals surface area contributed by atoms with Crippen LogP contribution in [0.1, 0.15) is 0 Å². The van der Waals surface area contributed by atoms with Crippen molar-refractivity contribution in [1.82, 2.24) is 4.98 Å². The molecule has 0 unspecified atom stereocenters. The van der Waals surface area contributed by atoms with E-state index in [0.29, 0.717) is 15.7 Å². The number of pyridine rings is 1. The third kappa shape index (κ3) is 3.96. The van der Waals surface area contributed by atoms with Crippen molar-refractivity contribution in [2.75, 3.05) is 11.1 Å². The molecule has 0 saturated heterocycles. The maximum atomic E-state index is 12.2. The van der Waals surface area contributed by atoms with E-state index in [-0.39, 0.29) is 11.7 Å². The molecule has 6 heteroatoms. The highest BCUT2D eigenvalue weighted by Crippen LogP contribution is 2.30. The zero-order valence-corrected chi connectivity index (χ0v) is 14.3. The Hall–Kier alpha value is -1.75. The van der Waals surface area contributed by atoms with Gasteiger partial charge in [-0.1, -0.05) is 41.4 Å². The molecule has 0 aliphatic heterocycles. The summed E-state index contributed by atoms with van der Waals surface area (Å²) in [7, 11) is 0. The number of anilines is 1. The van der Waals surface area contributed by atoms with Gasteiger partial charge in [-0.15, -0.1) is 11.8 Å². The van der Waals surface area contributed by atoms with Crippen LogP contribution in [-0.2, 0) is 4.79 Å². The molecule has 0 radical (unpaired) electrons. The number of hydrogen-bond donors (Lipinski definition) is 1. The van der Waals surface area contributed by atoms with Gasteiger partial charge >= 0.3 is 0 Å². The summed E-state index contributed by atoms with van der Waals surface area (Å²) < 4.78 is 0. The van der Waals surface area contributed by atoms with Crippen LogP contribution in [0.4, 0.5) is 5.69 Å². The lowest BCUT2D eigenvalue weighted by molar-refractivity contribution is -0.113. The quantitative estimate of drug-likeness (QED) is 0.642. The molecule has 0 atom stereocenters. The smallest absolute Gasteiger partial charge is 0.234 e. The molecule has 0 saturated carbocycles. The summed E-state index contributed by atoms with van der Waals surface area (Å²) in [4.78, 5) is 17.3. The summed E-state index contributed by atoms with van der Waals surface area (Å²) >= 11 is 13.3. The first-order valence-electron chi connectivity index (χ1n) is 6.85. The lowest BCUT2D eigenvalue weighted by Crippen LogP contribution is -2.14. The number of carbonyl (C=O) groups excluding carboxylic acids is 1. The van der Waals surface area contributed by atoms with Crippen LogP contribution < -0.4 is 5.32 Å². The van der Waals surface area contributed by atoms with E-state index in [9.17, 15) is 4.79 Å². The van der Waals surface area contributed by atoms with E-state index in [1.807, 2.05) is 36.4 Å². The minimum absolute atomic E-state index is 0.112. The molecule has 0 aliphatic carbocycles. The number of thioether (sulfide) groups is 1. The third-order valence-electron chi connectivity index (χ3n) is 3.16. The average Bonchev–Trinajstić information content (AvgIpc) is 2.54. The number of nitrogens with zero attached hydrogens (tertiary/aromatic N) is 1. The summed E-state index contributed by atoms with van der Waals surface area (Å²) in [5, 5.41) is 5.00. The van der Waals surface area contributed by atoms with Crippen LogP contribution in [-0.4, -0.2) is 16.6 Å². The zero-order chi connectivity index (χ0) is 16.2. The number of aromatic nitrogens is 1. The van der Waals surface area contributed by atoms with E-state index in [4.69, 9.17) is 23.2 Å². The van der Waals surface area contributed by atoms with Crippen molar-refractivity contribution in [3.05, 3.63) is 64.8 Å². The lowest BCUT2D eigenvalue weighted by Gasteiger charge is -2.08. The topological polar surface area (TPSA) is 42.0 Å². The van der Waals surface area contributed by atoms with Crippen LogP contribution in [0, 0.1) is 0 Å². The minimum Gasteiger partial charge on any atom is -0.323 e. The van der Waals surface area contributed by atoms with Crippen LogP contribution in [0.3, 0.4) is 0 Å². The van der Waals surface area contributed by atoms with Crippen LogP contribution in [0.15, 0.2) is 59.6 Å². The Morgan fingerprint density at radius 1 is 1.13 bits per heavy atom.